The summed E-state index contributed by atoms with van der Waals surface area (Å²) in [6.07, 6.45) is 5.96. The average molecular weight is 336 g/mol. The standard InChI is InChI=1S/C22H24O3/c1-23-18-8-6-14(7-9-18)17-10-15-4-5-16(11-17)20-13-22(25-3)21(24-2)12-19(15)20/h6-10,12-13,15-16H,4-5,11H2,1-3H3. The lowest BCUT2D eigenvalue weighted by atomic mass is 9.77. The SMILES string of the molecule is COc1ccc(C2=CC3CCC(C2)c2cc(OC)c(OC)cc23)cc1. The molecule has 0 saturated heterocycles. The third kappa shape index (κ3) is 2.78. The molecule has 3 heteroatoms. The zero-order valence-electron chi connectivity index (χ0n) is 15.0. The molecule has 0 N–H and O–H groups in total. The van der Waals surface area contributed by atoms with E-state index in [1.807, 2.05) is 12.1 Å². The van der Waals surface area contributed by atoms with Gasteiger partial charge in [-0.25, -0.2) is 0 Å². The molecule has 2 unspecified atom stereocenters. The molecular weight excluding hydrogens is 312 g/mol. The van der Waals surface area contributed by atoms with E-state index in [2.05, 4.69) is 30.3 Å². The Morgan fingerprint density at radius 3 is 2.12 bits per heavy atom. The Morgan fingerprint density at radius 1 is 0.800 bits per heavy atom. The van der Waals surface area contributed by atoms with E-state index in [4.69, 9.17) is 14.2 Å². The van der Waals surface area contributed by atoms with Gasteiger partial charge >= 0.3 is 0 Å². The fourth-order valence-electron chi connectivity index (χ4n) is 4.26. The molecule has 0 fully saturated rings. The number of fused-ring (bicyclic) bond motifs is 2. The number of allylic oxidation sites excluding steroid dienone is 2. The maximum atomic E-state index is 5.53. The minimum absolute atomic E-state index is 0.450. The number of methoxy groups -OCH3 is 3. The molecule has 2 atom stereocenters. The van der Waals surface area contributed by atoms with E-state index in [0.717, 1.165) is 23.7 Å². The summed E-state index contributed by atoms with van der Waals surface area (Å²) >= 11 is 0. The van der Waals surface area contributed by atoms with Gasteiger partial charge in [-0.2, -0.15) is 0 Å². The highest BCUT2D eigenvalue weighted by atomic mass is 16.5. The van der Waals surface area contributed by atoms with Crippen LogP contribution in [0.2, 0.25) is 0 Å². The molecule has 5 rings (SSSR count). The molecule has 0 spiro atoms. The van der Waals surface area contributed by atoms with E-state index >= 15 is 0 Å². The van der Waals surface area contributed by atoms with E-state index in [1.54, 1.807) is 21.3 Å². The van der Waals surface area contributed by atoms with Gasteiger partial charge in [-0.3, -0.25) is 0 Å². The summed E-state index contributed by atoms with van der Waals surface area (Å²) in [5.41, 5.74) is 5.56. The molecular formula is C22H24O3. The van der Waals surface area contributed by atoms with Crippen molar-refractivity contribution in [1.82, 2.24) is 0 Å². The largest absolute Gasteiger partial charge is 0.497 e. The van der Waals surface area contributed by atoms with Crippen molar-refractivity contribution in [2.75, 3.05) is 21.3 Å². The maximum absolute atomic E-state index is 5.53. The highest BCUT2D eigenvalue weighted by molar-refractivity contribution is 5.70. The number of hydrogen-bond acceptors (Lipinski definition) is 3. The predicted molar refractivity (Wildman–Crippen MR) is 99.9 cm³/mol. The summed E-state index contributed by atoms with van der Waals surface area (Å²) < 4.78 is 16.4. The second-order valence-electron chi connectivity index (χ2n) is 6.84. The second kappa shape index (κ2) is 6.47. The molecule has 2 bridgehead atoms. The summed E-state index contributed by atoms with van der Waals surface area (Å²) in [4.78, 5) is 0. The molecule has 0 aliphatic heterocycles. The molecule has 0 heterocycles. The van der Waals surface area contributed by atoms with E-state index < -0.39 is 0 Å². The van der Waals surface area contributed by atoms with E-state index in [1.165, 1.54) is 35.1 Å². The zero-order chi connectivity index (χ0) is 17.4. The summed E-state index contributed by atoms with van der Waals surface area (Å²) in [6, 6.07) is 12.8. The number of benzene rings is 2. The number of rotatable bonds is 4. The number of ether oxygens (including phenoxy) is 3. The highest BCUT2D eigenvalue weighted by Gasteiger charge is 2.32. The van der Waals surface area contributed by atoms with Crippen LogP contribution in [0.15, 0.2) is 42.5 Å². The topological polar surface area (TPSA) is 27.7 Å². The first-order valence-electron chi connectivity index (χ1n) is 8.84. The van der Waals surface area contributed by atoms with Crippen LogP contribution < -0.4 is 14.2 Å². The van der Waals surface area contributed by atoms with Gasteiger partial charge in [-0.15, -0.1) is 0 Å². The molecule has 0 amide bonds. The fourth-order valence-corrected chi connectivity index (χ4v) is 4.26. The van der Waals surface area contributed by atoms with Gasteiger partial charge in [0.25, 0.3) is 0 Å². The van der Waals surface area contributed by atoms with Crippen LogP contribution in [-0.2, 0) is 0 Å². The van der Waals surface area contributed by atoms with Gasteiger partial charge in [0.05, 0.1) is 21.3 Å². The average Bonchev–Trinajstić information content (AvgIpc) is 2.98. The Bertz CT molecular complexity index is 805. The molecule has 0 aromatic heterocycles. The van der Waals surface area contributed by atoms with Crippen LogP contribution in [-0.4, -0.2) is 21.3 Å². The Balaban J connectivity index is 1.74. The lowest BCUT2D eigenvalue weighted by molar-refractivity contribution is 0.352. The van der Waals surface area contributed by atoms with Crippen molar-refractivity contribution < 1.29 is 14.2 Å². The van der Waals surface area contributed by atoms with Crippen LogP contribution in [0.25, 0.3) is 5.57 Å². The Kier molecular flexibility index (Phi) is 4.16. The van der Waals surface area contributed by atoms with E-state index in [-0.39, 0.29) is 0 Å². The van der Waals surface area contributed by atoms with Gasteiger partial charge in [-0.1, -0.05) is 18.2 Å². The second-order valence-corrected chi connectivity index (χ2v) is 6.84. The molecule has 2 aromatic carbocycles. The van der Waals surface area contributed by atoms with Crippen molar-refractivity contribution in [2.24, 2.45) is 0 Å². The van der Waals surface area contributed by atoms with E-state index in [9.17, 15) is 0 Å². The molecule has 3 nitrogen and oxygen atoms in total. The van der Waals surface area contributed by atoms with Gasteiger partial charge in [0, 0.05) is 5.92 Å². The molecule has 0 saturated carbocycles. The lowest BCUT2D eigenvalue weighted by Gasteiger charge is -2.28. The van der Waals surface area contributed by atoms with Crippen molar-refractivity contribution in [3.8, 4) is 17.2 Å². The lowest BCUT2D eigenvalue weighted by Crippen LogP contribution is -2.11. The Hall–Kier alpha value is -2.42. The molecule has 130 valence electrons. The summed E-state index contributed by atoms with van der Waals surface area (Å²) in [6.45, 7) is 0. The quantitative estimate of drug-likeness (QED) is 0.772. The predicted octanol–water partition coefficient (Wildman–Crippen LogP) is 5.16. The molecule has 25 heavy (non-hydrogen) atoms. The normalized spacial score (nSPS) is 21.2. The first-order chi connectivity index (χ1) is 12.2. The fraction of sp³-hybridized carbons (Fsp3) is 0.364. The van der Waals surface area contributed by atoms with Crippen LogP contribution in [0.3, 0.4) is 0 Å². The molecule has 0 radical (unpaired) electrons. The first-order valence-corrected chi connectivity index (χ1v) is 8.84. The van der Waals surface area contributed by atoms with Crippen LogP contribution in [0, 0.1) is 0 Å². The van der Waals surface area contributed by atoms with Crippen molar-refractivity contribution in [1.29, 1.82) is 0 Å². The summed E-state index contributed by atoms with van der Waals surface area (Å²) in [5.74, 6) is 3.55. The third-order valence-electron chi connectivity index (χ3n) is 5.58. The van der Waals surface area contributed by atoms with Crippen molar-refractivity contribution in [3.05, 3.63) is 59.2 Å². The van der Waals surface area contributed by atoms with Gasteiger partial charge in [-0.05, 0) is 71.7 Å². The van der Waals surface area contributed by atoms with Crippen molar-refractivity contribution in [2.45, 2.75) is 31.1 Å². The molecule has 2 aromatic rings. The Labute approximate surface area is 149 Å². The van der Waals surface area contributed by atoms with Crippen LogP contribution >= 0.6 is 0 Å². The smallest absolute Gasteiger partial charge is 0.161 e. The third-order valence-corrected chi connectivity index (χ3v) is 5.58. The van der Waals surface area contributed by atoms with Crippen LogP contribution in [0.1, 0.15) is 47.8 Å². The van der Waals surface area contributed by atoms with Gasteiger partial charge in [0.15, 0.2) is 11.5 Å². The highest BCUT2D eigenvalue weighted by Crippen LogP contribution is 2.51. The van der Waals surface area contributed by atoms with Gasteiger partial charge < -0.3 is 14.2 Å². The van der Waals surface area contributed by atoms with Crippen molar-refractivity contribution in [3.63, 3.8) is 0 Å². The van der Waals surface area contributed by atoms with Crippen LogP contribution in [0.5, 0.6) is 17.2 Å². The zero-order valence-corrected chi connectivity index (χ0v) is 15.0. The minimum Gasteiger partial charge on any atom is -0.497 e. The summed E-state index contributed by atoms with van der Waals surface area (Å²) in [7, 11) is 5.12. The van der Waals surface area contributed by atoms with Gasteiger partial charge in [0.1, 0.15) is 5.75 Å². The minimum atomic E-state index is 0.450. The molecule has 3 aliphatic carbocycles. The van der Waals surface area contributed by atoms with Gasteiger partial charge in [0.2, 0.25) is 0 Å². The van der Waals surface area contributed by atoms with E-state index in [0.29, 0.717) is 11.8 Å². The first kappa shape index (κ1) is 16.1. The van der Waals surface area contributed by atoms with Crippen molar-refractivity contribution >= 4 is 5.57 Å². The monoisotopic (exact) mass is 336 g/mol. The number of hydrogen-bond donors (Lipinski definition) is 0. The summed E-state index contributed by atoms with van der Waals surface area (Å²) in [5, 5.41) is 0. The van der Waals surface area contributed by atoms with Crippen LogP contribution in [0.4, 0.5) is 0 Å². The molecule has 3 aliphatic rings. The Morgan fingerprint density at radius 2 is 1.48 bits per heavy atom. The maximum Gasteiger partial charge on any atom is 0.161 e.